The molecule has 0 atom stereocenters. The topological polar surface area (TPSA) is 0 Å². The fourth-order valence-electron chi connectivity index (χ4n) is 0.594. The van der Waals surface area contributed by atoms with Gasteiger partial charge in [-0.2, -0.15) is 0 Å². The van der Waals surface area contributed by atoms with E-state index in [0.29, 0.717) is 0 Å². The van der Waals surface area contributed by atoms with Crippen molar-refractivity contribution < 1.29 is 0 Å². The molecule has 0 heterocycles. The van der Waals surface area contributed by atoms with E-state index in [1.807, 2.05) is 0 Å². The van der Waals surface area contributed by atoms with Crippen molar-refractivity contribution in [2.45, 2.75) is 27.7 Å². The van der Waals surface area contributed by atoms with Gasteiger partial charge in [-0.15, -0.1) is 0 Å². The molecule has 0 aromatic carbocycles. The molecule has 1 aliphatic rings. The molecule has 0 radical (unpaired) electrons. The Labute approximate surface area is 57.8 Å². The molecule has 0 N–H and O–H groups in total. The average Bonchev–Trinajstić information content (AvgIpc) is 2.46. The third kappa shape index (κ3) is 1.23. The van der Waals surface area contributed by atoms with Gasteiger partial charge in [-0.1, -0.05) is 0 Å². The Morgan fingerprint density at radius 3 is 1.57 bits per heavy atom. The fraction of sp³-hybridized carbons (Fsp3) is 1.00. The SMILES string of the molecule is C[Se]C1([Se]C)CC1. The van der Waals surface area contributed by atoms with Gasteiger partial charge in [0, 0.05) is 0 Å². The van der Waals surface area contributed by atoms with Crippen LogP contribution in [0.1, 0.15) is 12.8 Å². The Morgan fingerprint density at radius 1 is 1.14 bits per heavy atom. The average molecular weight is 228 g/mol. The first kappa shape index (κ1) is 6.16. The Kier molecular flexibility index (Phi) is 1.85. The summed E-state index contributed by atoms with van der Waals surface area (Å²) in [7, 11) is 0. The van der Waals surface area contributed by atoms with Crippen LogP contribution in [-0.4, -0.2) is 29.9 Å². The van der Waals surface area contributed by atoms with Crippen molar-refractivity contribution in [3.63, 3.8) is 0 Å². The second kappa shape index (κ2) is 2.11. The Balaban J connectivity index is 2.28. The van der Waals surface area contributed by atoms with E-state index in [0.717, 1.165) is 33.1 Å². The zero-order chi connectivity index (χ0) is 5.33. The molecule has 42 valence electrons. The molecule has 1 aliphatic carbocycles. The number of hydrogen-bond acceptors (Lipinski definition) is 0. The molecule has 1 fully saturated rings. The molecule has 0 aliphatic heterocycles. The van der Waals surface area contributed by atoms with E-state index in [1.54, 1.807) is 12.8 Å². The fourth-order valence-corrected chi connectivity index (χ4v) is 4.90. The molecule has 0 aromatic rings. The molecule has 0 bridgehead atoms. The third-order valence-electron chi connectivity index (χ3n) is 1.40. The van der Waals surface area contributed by atoms with Crippen molar-refractivity contribution in [1.29, 1.82) is 0 Å². The van der Waals surface area contributed by atoms with Crippen LogP contribution in [0.5, 0.6) is 0 Å². The summed E-state index contributed by atoms with van der Waals surface area (Å²) in [6.45, 7) is 0. The van der Waals surface area contributed by atoms with E-state index in [-0.39, 0.29) is 0 Å². The summed E-state index contributed by atoms with van der Waals surface area (Å²) in [5.74, 6) is 4.76. The Morgan fingerprint density at radius 2 is 1.57 bits per heavy atom. The monoisotopic (exact) mass is 230 g/mol. The van der Waals surface area contributed by atoms with Crippen LogP contribution in [0.4, 0.5) is 0 Å². The van der Waals surface area contributed by atoms with Gasteiger partial charge in [-0.3, -0.25) is 0 Å². The van der Waals surface area contributed by atoms with Gasteiger partial charge in [0.05, 0.1) is 0 Å². The first-order valence-electron chi connectivity index (χ1n) is 2.43. The molecule has 0 spiro atoms. The van der Waals surface area contributed by atoms with E-state index in [4.69, 9.17) is 0 Å². The summed E-state index contributed by atoms with van der Waals surface area (Å²) in [6.07, 6.45) is 3.11. The van der Waals surface area contributed by atoms with Crippen LogP contribution in [0.15, 0.2) is 0 Å². The van der Waals surface area contributed by atoms with Gasteiger partial charge in [-0.25, -0.2) is 0 Å². The van der Waals surface area contributed by atoms with E-state index in [2.05, 4.69) is 11.6 Å². The number of hydrogen-bond donors (Lipinski definition) is 0. The molecule has 0 saturated heterocycles. The van der Waals surface area contributed by atoms with Gasteiger partial charge < -0.3 is 0 Å². The summed E-state index contributed by atoms with van der Waals surface area (Å²) < 4.78 is 0.958. The quantitative estimate of drug-likeness (QED) is 0.626. The minimum atomic E-state index is 0.958. The van der Waals surface area contributed by atoms with Crippen LogP contribution in [-0.2, 0) is 0 Å². The van der Waals surface area contributed by atoms with E-state index in [1.165, 1.54) is 0 Å². The summed E-state index contributed by atoms with van der Waals surface area (Å²) in [5, 5.41) is 0. The van der Waals surface area contributed by atoms with Gasteiger partial charge in [0.25, 0.3) is 0 Å². The van der Waals surface area contributed by atoms with Gasteiger partial charge in [-0.05, 0) is 0 Å². The summed E-state index contributed by atoms with van der Waals surface area (Å²) >= 11 is 1.92. The Bertz CT molecular complexity index is 60.5. The van der Waals surface area contributed by atoms with E-state index >= 15 is 0 Å². The standard InChI is InChI=1S/C5H10Se2/c1-6-5(7-2)3-4-5/h3-4H2,1-2H3. The zero-order valence-electron chi connectivity index (χ0n) is 4.73. The maximum absolute atomic E-state index is 2.38. The van der Waals surface area contributed by atoms with Crippen LogP contribution >= 0.6 is 0 Å². The minimum absolute atomic E-state index is 0.958. The molecule has 7 heavy (non-hydrogen) atoms. The summed E-state index contributed by atoms with van der Waals surface area (Å²) in [6, 6.07) is 0. The van der Waals surface area contributed by atoms with Gasteiger partial charge in [0.1, 0.15) is 0 Å². The van der Waals surface area contributed by atoms with Crippen molar-refractivity contribution in [1.82, 2.24) is 0 Å². The van der Waals surface area contributed by atoms with E-state index < -0.39 is 0 Å². The maximum atomic E-state index is 2.38. The summed E-state index contributed by atoms with van der Waals surface area (Å²) in [5.41, 5.74) is 0. The van der Waals surface area contributed by atoms with Crippen molar-refractivity contribution in [2.75, 3.05) is 0 Å². The second-order valence-corrected chi connectivity index (χ2v) is 8.12. The molecule has 0 amide bonds. The predicted molar refractivity (Wildman–Crippen MR) is 35.2 cm³/mol. The van der Waals surface area contributed by atoms with Crippen molar-refractivity contribution in [2.24, 2.45) is 0 Å². The summed E-state index contributed by atoms with van der Waals surface area (Å²) in [4.78, 5) is 0. The van der Waals surface area contributed by atoms with Crippen molar-refractivity contribution >= 4 is 29.9 Å². The number of rotatable bonds is 2. The van der Waals surface area contributed by atoms with Crippen LogP contribution in [0, 0.1) is 0 Å². The first-order valence-corrected chi connectivity index (χ1v) is 7.57. The van der Waals surface area contributed by atoms with E-state index in [9.17, 15) is 0 Å². The molecule has 0 aromatic heterocycles. The zero-order valence-corrected chi connectivity index (χ0v) is 8.16. The molecule has 0 nitrogen and oxygen atoms in total. The molecular formula is C5H10Se2. The van der Waals surface area contributed by atoms with Gasteiger partial charge >= 0.3 is 57.6 Å². The van der Waals surface area contributed by atoms with Crippen molar-refractivity contribution in [3.8, 4) is 0 Å². The predicted octanol–water partition coefficient (Wildman–Crippen LogP) is 1.40. The third-order valence-corrected chi connectivity index (χ3v) is 9.87. The first-order chi connectivity index (χ1) is 3.33. The normalized spacial score (nSPS) is 24.9. The van der Waals surface area contributed by atoms with Gasteiger partial charge in [0.15, 0.2) is 0 Å². The second-order valence-electron chi connectivity index (χ2n) is 1.82. The molecule has 1 rings (SSSR count). The van der Waals surface area contributed by atoms with Crippen LogP contribution in [0.3, 0.4) is 0 Å². The van der Waals surface area contributed by atoms with Crippen LogP contribution < -0.4 is 0 Å². The van der Waals surface area contributed by atoms with Crippen LogP contribution in [0.2, 0.25) is 14.9 Å². The Hall–Kier alpha value is 1.04. The molecule has 0 unspecified atom stereocenters. The van der Waals surface area contributed by atoms with Crippen LogP contribution in [0.25, 0.3) is 0 Å². The molecule has 2 heteroatoms. The van der Waals surface area contributed by atoms with Crippen molar-refractivity contribution in [3.05, 3.63) is 0 Å². The molecular weight excluding hydrogens is 218 g/mol. The van der Waals surface area contributed by atoms with Gasteiger partial charge in [0.2, 0.25) is 0 Å². The molecule has 1 saturated carbocycles.